The SMILES string of the molecule is COc1cc(C(N)CC(=O)O)cc(Cl)c1O. The summed E-state index contributed by atoms with van der Waals surface area (Å²) in [5.41, 5.74) is 6.16. The van der Waals surface area contributed by atoms with E-state index in [0.29, 0.717) is 5.56 Å². The third kappa shape index (κ3) is 2.77. The molecule has 0 fully saturated rings. The predicted molar refractivity (Wildman–Crippen MR) is 58.9 cm³/mol. The molecule has 88 valence electrons. The number of benzene rings is 1. The Morgan fingerprint density at radius 3 is 2.75 bits per heavy atom. The van der Waals surface area contributed by atoms with Gasteiger partial charge in [-0.3, -0.25) is 4.79 Å². The summed E-state index contributed by atoms with van der Waals surface area (Å²) in [4.78, 5) is 10.5. The van der Waals surface area contributed by atoms with E-state index in [1.807, 2.05) is 0 Å². The highest BCUT2D eigenvalue weighted by Gasteiger charge is 2.15. The molecule has 0 amide bonds. The molecular formula is C10H12ClNO4. The van der Waals surface area contributed by atoms with Crippen molar-refractivity contribution in [3.63, 3.8) is 0 Å². The van der Waals surface area contributed by atoms with Crippen molar-refractivity contribution < 1.29 is 19.7 Å². The normalized spacial score (nSPS) is 12.2. The van der Waals surface area contributed by atoms with Crippen LogP contribution in [-0.4, -0.2) is 23.3 Å². The van der Waals surface area contributed by atoms with E-state index in [0.717, 1.165) is 0 Å². The van der Waals surface area contributed by atoms with E-state index in [2.05, 4.69) is 0 Å². The van der Waals surface area contributed by atoms with Crippen molar-refractivity contribution in [1.82, 2.24) is 0 Å². The molecule has 0 spiro atoms. The maximum atomic E-state index is 10.5. The highest BCUT2D eigenvalue weighted by atomic mass is 35.5. The van der Waals surface area contributed by atoms with E-state index in [1.54, 1.807) is 0 Å². The van der Waals surface area contributed by atoms with Crippen LogP contribution in [0.5, 0.6) is 11.5 Å². The Morgan fingerprint density at radius 2 is 2.25 bits per heavy atom. The van der Waals surface area contributed by atoms with Crippen LogP contribution in [0.25, 0.3) is 0 Å². The molecule has 1 unspecified atom stereocenters. The van der Waals surface area contributed by atoms with Gasteiger partial charge < -0.3 is 20.7 Å². The van der Waals surface area contributed by atoms with Gasteiger partial charge in [0.2, 0.25) is 0 Å². The molecule has 0 bridgehead atoms. The van der Waals surface area contributed by atoms with Crippen LogP contribution in [0, 0.1) is 0 Å². The van der Waals surface area contributed by atoms with Crippen LogP contribution in [0.3, 0.4) is 0 Å². The third-order valence-corrected chi connectivity index (χ3v) is 2.38. The lowest BCUT2D eigenvalue weighted by Gasteiger charge is -2.13. The summed E-state index contributed by atoms with van der Waals surface area (Å²) < 4.78 is 4.88. The van der Waals surface area contributed by atoms with E-state index in [1.165, 1.54) is 19.2 Å². The van der Waals surface area contributed by atoms with Crippen molar-refractivity contribution >= 4 is 17.6 Å². The highest BCUT2D eigenvalue weighted by molar-refractivity contribution is 6.32. The minimum atomic E-state index is -1.00. The molecule has 0 radical (unpaired) electrons. The van der Waals surface area contributed by atoms with Crippen molar-refractivity contribution in [2.24, 2.45) is 5.73 Å². The summed E-state index contributed by atoms with van der Waals surface area (Å²) in [6.07, 6.45) is -0.218. The minimum Gasteiger partial charge on any atom is -0.503 e. The first-order valence-electron chi connectivity index (χ1n) is 4.49. The number of hydrogen-bond acceptors (Lipinski definition) is 4. The van der Waals surface area contributed by atoms with Crippen molar-refractivity contribution in [1.29, 1.82) is 0 Å². The molecule has 5 nitrogen and oxygen atoms in total. The molecule has 0 saturated heterocycles. The second-order valence-corrected chi connectivity index (χ2v) is 3.67. The largest absolute Gasteiger partial charge is 0.503 e. The predicted octanol–water partition coefficient (Wildman–Crippen LogP) is 1.53. The van der Waals surface area contributed by atoms with Gasteiger partial charge in [-0.2, -0.15) is 0 Å². The molecule has 0 saturated carbocycles. The van der Waals surface area contributed by atoms with Gasteiger partial charge in [-0.25, -0.2) is 0 Å². The number of phenolic OH excluding ortho intramolecular Hbond substituents is 1. The third-order valence-electron chi connectivity index (χ3n) is 2.09. The number of carboxylic acid groups (broad SMARTS) is 1. The monoisotopic (exact) mass is 245 g/mol. The first-order valence-corrected chi connectivity index (χ1v) is 4.87. The van der Waals surface area contributed by atoms with Crippen LogP contribution in [0.15, 0.2) is 12.1 Å². The molecule has 6 heteroatoms. The van der Waals surface area contributed by atoms with Gasteiger partial charge in [0.15, 0.2) is 11.5 Å². The van der Waals surface area contributed by atoms with E-state index in [-0.39, 0.29) is 22.9 Å². The standard InChI is InChI=1S/C10H12ClNO4/c1-16-8-3-5(2-6(11)10(8)15)7(12)4-9(13)14/h2-3,7,15H,4,12H2,1H3,(H,13,14). The molecule has 0 aromatic heterocycles. The fraction of sp³-hybridized carbons (Fsp3) is 0.300. The first-order chi connectivity index (χ1) is 7.45. The Kier molecular flexibility index (Phi) is 3.98. The van der Waals surface area contributed by atoms with E-state index in [9.17, 15) is 9.90 Å². The number of aromatic hydroxyl groups is 1. The number of aliphatic carboxylic acids is 1. The molecule has 1 atom stereocenters. The van der Waals surface area contributed by atoms with Gasteiger partial charge >= 0.3 is 5.97 Å². The second kappa shape index (κ2) is 5.05. The number of halogens is 1. The minimum absolute atomic E-state index is 0.0789. The summed E-state index contributed by atoms with van der Waals surface area (Å²) in [6.45, 7) is 0. The smallest absolute Gasteiger partial charge is 0.305 e. The van der Waals surface area contributed by atoms with E-state index in [4.69, 9.17) is 27.2 Å². The fourth-order valence-electron chi connectivity index (χ4n) is 1.27. The first kappa shape index (κ1) is 12.6. The zero-order valence-electron chi connectivity index (χ0n) is 8.61. The van der Waals surface area contributed by atoms with Crippen LogP contribution in [0.2, 0.25) is 5.02 Å². The topological polar surface area (TPSA) is 92.8 Å². The van der Waals surface area contributed by atoms with Gasteiger partial charge in [-0.1, -0.05) is 11.6 Å². The van der Waals surface area contributed by atoms with Crippen LogP contribution >= 0.6 is 11.6 Å². The Balaban J connectivity index is 3.05. The molecule has 0 heterocycles. The van der Waals surface area contributed by atoms with Crippen molar-refractivity contribution in [2.75, 3.05) is 7.11 Å². The number of carboxylic acids is 1. The lowest BCUT2D eigenvalue weighted by molar-refractivity contribution is -0.137. The van der Waals surface area contributed by atoms with Crippen LogP contribution in [0.4, 0.5) is 0 Å². The number of rotatable bonds is 4. The van der Waals surface area contributed by atoms with Gasteiger partial charge in [0.1, 0.15) is 0 Å². The molecule has 1 aromatic rings. The maximum Gasteiger partial charge on any atom is 0.305 e. The molecule has 0 aliphatic rings. The molecule has 1 rings (SSSR count). The van der Waals surface area contributed by atoms with Gasteiger partial charge in [0.25, 0.3) is 0 Å². The van der Waals surface area contributed by atoms with Gasteiger partial charge in [-0.05, 0) is 17.7 Å². The average Bonchev–Trinajstić information content (AvgIpc) is 2.20. The van der Waals surface area contributed by atoms with E-state index < -0.39 is 12.0 Å². The molecule has 4 N–H and O–H groups in total. The lowest BCUT2D eigenvalue weighted by atomic mass is 10.0. The molecule has 1 aromatic carbocycles. The number of hydrogen-bond donors (Lipinski definition) is 3. The second-order valence-electron chi connectivity index (χ2n) is 3.26. The quantitative estimate of drug-likeness (QED) is 0.748. The van der Waals surface area contributed by atoms with Crippen molar-refractivity contribution in [2.45, 2.75) is 12.5 Å². The number of phenols is 1. The summed E-state index contributed by atoms with van der Waals surface area (Å²) in [5.74, 6) is -1.02. The van der Waals surface area contributed by atoms with Gasteiger partial charge in [0, 0.05) is 6.04 Å². The number of carbonyl (C=O) groups is 1. The van der Waals surface area contributed by atoms with Gasteiger partial charge in [-0.15, -0.1) is 0 Å². The number of methoxy groups -OCH3 is 1. The summed E-state index contributed by atoms with van der Waals surface area (Å²) in [5, 5.41) is 18.2. The van der Waals surface area contributed by atoms with Crippen LogP contribution in [0.1, 0.15) is 18.0 Å². The van der Waals surface area contributed by atoms with E-state index >= 15 is 0 Å². The summed E-state index contributed by atoms with van der Waals surface area (Å²) >= 11 is 5.75. The van der Waals surface area contributed by atoms with Crippen molar-refractivity contribution in [3.05, 3.63) is 22.7 Å². The Morgan fingerprint density at radius 1 is 1.62 bits per heavy atom. The lowest BCUT2D eigenvalue weighted by Crippen LogP contribution is -2.15. The molecular weight excluding hydrogens is 234 g/mol. The summed E-state index contributed by atoms with van der Waals surface area (Å²) in [7, 11) is 1.37. The highest BCUT2D eigenvalue weighted by Crippen LogP contribution is 2.36. The molecule has 0 aliphatic carbocycles. The maximum absolute atomic E-state index is 10.5. The van der Waals surface area contributed by atoms with Crippen LogP contribution in [-0.2, 0) is 4.79 Å². The van der Waals surface area contributed by atoms with Gasteiger partial charge in [0.05, 0.1) is 18.6 Å². The van der Waals surface area contributed by atoms with Crippen molar-refractivity contribution in [3.8, 4) is 11.5 Å². The average molecular weight is 246 g/mol. The van der Waals surface area contributed by atoms with Crippen LogP contribution < -0.4 is 10.5 Å². The number of nitrogens with two attached hydrogens (primary N) is 1. The Bertz CT molecular complexity index is 408. The Labute approximate surface area is 97.4 Å². The number of ether oxygens (including phenoxy) is 1. The summed E-state index contributed by atoms with van der Waals surface area (Å²) in [6, 6.07) is 2.20. The zero-order chi connectivity index (χ0) is 12.3. The fourth-order valence-corrected chi connectivity index (χ4v) is 1.49. The Hall–Kier alpha value is -1.46. The molecule has 0 aliphatic heterocycles. The zero-order valence-corrected chi connectivity index (χ0v) is 9.36. The molecule has 16 heavy (non-hydrogen) atoms.